The van der Waals surface area contributed by atoms with Crippen molar-refractivity contribution in [3.63, 3.8) is 0 Å². The van der Waals surface area contributed by atoms with E-state index in [2.05, 4.69) is 5.32 Å². The highest BCUT2D eigenvalue weighted by Gasteiger charge is 2.16. The maximum absolute atomic E-state index is 12.1. The van der Waals surface area contributed by atoms with Crippen LogP contribution < -0.4 is 10.1 Å². The second-order valence-corrected chi connectivity index (χ2v) is 5.80. The summed E-state index contributed by atoms with van der Waals surface area (Å²) < 4.78 is 10.1. The van der Waals surface area contributed by atoms with Crippen LogP contribution >= 0.6 is 23.2 Å². The molecule has 2 aromatic rings. The lowest BCUT2D eigenvalue weighted by molar-refractivity contribution is -0.119. The molecule has 0 spiro atoms. The van der Waals surface area contributed by atoms with Gasteiger partial charge in [0.25, 0.3) is 5.91 Å². The molecule has 0 saturated heterocycles. The molecule has 0 aliphatic carbocycles. The van der Waals surface area contributed by atoms with Crippen LogP contribution in [0.5, 0.6) is 5.75 Å². The van der Waals surface area contributed by atoms with Crippen molar-refractivity contribution >= 4 is 40.8 Å². The molecule has 0 aromatic heterocycles. The van der Waals surface area contributed by atoms with E-state index >= 15 is 0 Å². The smallest absolute Gasteiger partial charge is 0.342 e. The molecule has 126 valence electrons. The molecule has 5 nitrogen and oxygen atoms in total. The van der Waals surface area contributed by atoms with Gasteiger partial charge < -0.3 is 14.8 Å². The zero-order valence-corrected chi connectivity index (χ0v) is 14.6. The largest absolute Gasteiger partial charge is 0.496 e. The Bertz CT molecular complexity index is 777. The number of carbonyl (C=O) groups excluding carboxylic acids is 2. The fourth-order valence-corrected chi connectivity index (χ4v) is 2.31. The third-order valence-corrected chi connectivity index (χ3v) is 3.66. The Hall–Kier alpha value is -2.24. The Morgan fingerprint density at radius 2 is 1.75 bits per heavy atom. The molecule has 0 heterocycles. The van der Waals surface area contributed by atoms with Crippen LogP contribution in [0.15, 0.2) is 36.4 Å². The van der Waals surface area contributed by atoms with E-state index in [1.807, 2.05) is 6.92 Å². The van der Waals surface area contributed by atoms with Crippen molar-refractivity contribution in [1.29, 1.82) is 0 Å². The fourth-order valence-electron chi connectivity index (χ4n) is 1.96. The van der Waals surface area contributed by atoms with Crippen molar-refractivity contribution in [2.24, 2.45) is 0 Å². The number of methoxy groups -OCH3 is 1. The molecule has 0 unspecified atom stereocenters. The van der Waals surface area contributed by atoms with Crippen LogP contribution in [0.25, 0.3) is 0 Å². The summed E-state index contributed by atoms with van der Waals surface area (Å²) in [6.45, 7) is 1.38. The highest BCUT2D eigenvalue weighted by Crippen LogP contribution is 2.23. The van der Waals surface area contributed by atoms with Gasteiger partial charge in [0.1, 0.15) is 11.3 Å². The molecule has 1 N–H and O–H groups in total. The number of amides is 1. The summed E-state index contributed by atoms with van der Waals surface area (Å²) in [5.74, 6) is -0.863. The average Bonchev–Trinajstić information content (AvgIpc) is 2.56. The minimum Gasteiger partial charge on any atom is -0.496 e. The van der Waals surface area contributed by atoms with Gasteiger partial charge in [-0.15, -0.1) is 0 Å². The first-order valence-corrected chi connectivity index (χ1v) is 7.73. The lowest BCUT2D eigenvalue weighted by atomic mass is 10.2. The first kappa shape index (κ1) is 18.1. The number of rotatable bonds is 5. The van der Waals surface area contributed by atoms with Crippen LogP contribution in [-0.4, -0.2) is 25.6 Å². The highest BCUT2D eigenvalue weighted by molar-refractivity contribution is 6.31. The third-order valence-electron chi connectivity index (χ3n) is 3.19. The Labute approximate surface area is 149 Å². The van der Waals surface area contributed by atoms with Crippen LogP contribution in [-0.2, 0) is 9.53 Å². The Morgan fingerprint density at radius 1 is 1.08 bits per heavy atom. The van der Waals surface area contributed by atoms with E-state index in [1.54, 1.807) is 30.3 Å². The van der Waals surface area contributed by atoms with Crippen LogP contribution in [0.4, 0.5) is 5.69 Å². The van der Waals surface area contributed by atoms with Gasteiger partial charge in [0, 0.05) is 15.7 Å². The van der Waals surface area contributed by atoms with Gasteiger partial charge >= 0.3 is 5.97 Å². The van der Waals surface area contributed by atoms with Crippen LogP contribution in [0, 0.1) is 6.92 Å². The van der Waals surface area contributed by atoms with Crippen molar-refractivity contribution in [2.45, 2.75) is 6.92 Å². The molecule has 0 aliphatic heterocycles. The molecule has 0 radical (unpaired) electrons. The number of aryl methyl sites for hydroxylation is 1. The molecule has 0 aliphatic rings. The molecular weight excluding hydrogens is 353 g/mol. The molecule has 0 atom stereocenters. The zero-order valence-electron chi connectivity index (χ0n) is 13.1. The molecule has 2 aromatic carbocycles. The van der Waals surface area contributed by atoms with E-state index in [0.717, 1.165) is 5.56 Å². The van der Waals surface area contributed by atoms with Crippen LogP contribution in [0.3, 0.4) is 0 Å². The minimum absolute atomic E-state index is 0.150. The molecule has 1 amide bonds. The number of hydrogen-bond acceptors (Lipinski definition) is 4. The van der Waals surface area contributed by atoms with Gasteiger partial charge in [-0.05, 0) is 42.8 Å². The van der Waals surface area contributed by atoms with E-state index in [0.29, 0.717) is 21.5 Å². The molecule has 7 heteroatoms. The molecule has 2 rings (SSSR count). The first-order chi connectivity index (χ1) is 11.4. The van der Waals surface area contributed by atoms with Crippen LogP contribution in [0.1, 0.15) is 15.9 Å². The summed E-state index contributed by atoms with van der Waals surface area (Å²) in [5, 5.41) is 3.50. The van der Waals surface area contributed by atoms with E-state index < -0.39 is 18.5 Å². The van der Waals surface area contributed by atoms with E-state index in [1.165, 1.54) is 13.2 Å². The highest BCUT2D eigenvalue weighted by atomic mass is 35.5. The SMILES string of the molecule is COc1ccc(Cl)cc1C(=O)OCC(=O)Nc1cc(Cl)ccc1C. The number of anilines is 1. The fraction of sp³-hybridized carbons (Fsp3) is 0.176. The quantitative estimate of drug-likeness (QED) is 0.807. The number of esters is 1. The van der Waals surface area contributed by atoms with Gasteiger partial charge in [0.2, 0.25) is 0 Å². The second-order valence-electron chi connectivity index (χ2n) is 4.93. The van der Waals surface area contributed by atoms with Crippen molar-refractivity contribution in [3.8, 4) is 5.75 Å². The van der Waals surface area contributed by atoms with Gasteiger partial charge in [-0.2, -0.15) is 0 Å². The van der Waals surface area contributed by atoms with Crippen molar-refractivity contribution in [2.75, 3.05) is 19.0 Å². The van der Waals surface area contributed by atoms with E-state index in [4.69, 9.17) is 32.7 Å². The lowest BCUT2D eigenvalue weighted by Crippen LogP contribution is -2.21. The Kier molecular flexibility index (Phi) is 6.06. The summed E-state index contributed by atoms with van der Waals surface area (Å²) in [4.78, 5) is 24.0. The van der Waals surface area contributed by atoms with Gasteiger partial charge in [-0.1, -0.05) is 29.3 Å². The van der Waals surface area contributed by atoms with Crippen molar-refractivity contribution < 1.29 is 19.1 Å². The van der Waals surface area contributed by atoms with E-state index in [9.17, 15) is 9.59 Å². The summed E-state index contributed by atoms with van der Waals surface area (Å²) in [5.41, 5.74) is 1.55. The molecular formula is C17H15Cl2NO4. The van der Waals surface area contributed by atoms with Gasteiger partial charge in [-0.25, -0.2) is 4.79 Å². The topological polar surface area (TPSA) is 64.6 Å². The normalized spacial score (nSPS) is 10.2. The third kappa shape index (κ3) is 4.63. The van der Waals surface area contributed by atoms with Gasteiger partial charge in [0.15, 0.2) is 6.61 Å². The first-order valence-electron chi connectivity index (χ1n) is 6.97. The monoisotopic (exact) mass is 367 g/mol. The molecule has 0 bridgehead atoms. The van der Waals surface area contributed by atoms with Crippen LogP contribution in [0.2, 0.25) is 10.0 Å². The second kappa shape index (κ2) is 8.04. The van der Waals surface area contributed by atoms with Crippen molar-refractivity contribution in [3.05, 3.63) is 57.6 Å². The number of benzene rings is 2. The molecule has 24 heavy (non-hydrogen) atoms. The number of carbonyl (C=O) groups is 2. The number of nitrogens with one attached hydrogen (secondary N) is 1. The van der Waals surface area contributed by atoms with E-state index in [-0.39, 0.29) is 5.56 Å². The zero-order chi connectivity index (χ0) is 17.7. The predicted octanol–water partition coefficient (Wildman–Crippen LogP) is 4.11. The van der Waals surface area contributed by atoms with Gasteiger partial charge in [-0.3, -0.25) is 4.79 Å². The summed E-state index contributed by atoms with van der Waals surface area (Å²) in [7, 11) is 1.43. The number of hydrogen-bond donors (Lipinski definition) is 1. The van der Waals surface area contributed by atoms with Gasteiger partial charge in [0.05, 0.1) is 7.11 Å². The maximum atomic E-state index is 12.1. The maximum Gasteiger partial charge on any atom is 0.342 e. The molecule has 0 saturated carbocycles. The lowest BCUT2D eigenvalue weighted by Gasteiger charge is -2.11. The summed E-state index contributed by atoms with van der Waals surface area (Å²) in [6, 6.07) is 9.68. The number of halogens is 2. The molecule has 0 fully saturated rings. The predicted molar refractivity (Wildman–Crippen MR) is 93.1 cm³/mol. The minimum atomic E-state index is -0.702. The standard InChI is InChI=1S/C17H15Cl2NO4/c1-10-3-4-12(19)8-14(10)20-16(21)9-24-17(22)13-7-11(18)5-6-15(13)23-2/h3-8H,9H2,1-2H3,(H,20,21). The Balaban J connectivity index is 2.00. The van der Waals surface area contributed by atoms with Crippen molar-refractivity contribution in [1.82, 2.24) is 0 Å². The summed E-state index contributed by atoms with van der Waals surface area (Å²) in [6.07, 6.45) is 0. The summed E-state index contributed by atoms with van der Waals surface area (Å²) >= 11 is 11.8. The average molecular weight is 368 g/mol. The number of ether oxygens (including phenoxy) is 2. The Morgan fingerprint density at radius 3 is 2.46 bits per heavy atom.